The SMILES string of the molecule is Cc1nc2cc(=O)[nH]n2c(C)c1CCC(=O)NC1C[C@H](C)O[C@@H](C)C1. The lowest BCUT2D eigenvalue weighted by Crippen LogP contribution is -2.44. The van der Waals surface area contributed by atoms with Gasteiger partial charge in [-0.1, -0.05) is 0 Å². The molecule has 0 spiro atoms. The number of fused-ring (bicyclic) bond motifs is 1. The Labute approximate surface area is 146 Å². The number of hydrogen-bond donors (Lipinski definition) is 2. The minimum Gasteiger partial charge on any atom is -0.375 e. The first-order valence-electron chi connectivity index (χ1n) is 8.86. The zero-order valence-electron chi connectivity index (χ0n) is 15.3. The highest BCUT2D eigenvalue weighted by molar-refractivity contribution is 5.76. The molecule has 7 heteroatoms. The second-order valence-corrected chi connectivity index (χ2v) is 7.07. The Hall–Kier alpha value is -2.15. The predicted molar refractivity (Wildman–Crippen MR) is 94.8 cm³/mol. The third-order valence-electron chi connectivity index (χ3n) is 4.87. The van der Waals surface area contributed by atoms with Crippen molar-refractivity contribution in [3.63, 3.8) is 0 Å². The first-order valence-corrected chi connectivity index (χ1v) is 8.86. The molecule has 2 aromatic heterocycles. The summed E-state index contributed by atoms with van der Waals surface area (Å²) in [6.07, 6.45) is 3.06. The van der Waals surface area contributed by atoms with Crippen molar-refractivity contribution in [2.24, 2.45) is 0 Å². The van der Waals surface area contributed by atoms with Crippen LogP contribution in [0.4, 0.5) is 0 Å². The number of aromatic amines is 1. The fourth-order valence-electron chi connectivity index (χ4n) is 3.78. The lowest BCUT2D eigenvalue weighted by molar-refractivity contribution is -0.123. The average Bonchev–Trinajstić information content (AvgIpc) is 2.86. The highest BCUT2D eigenvalue weighted by Crippen LogP contribution is 2.19. The van der Waals surface area contributed by atoms with Crippen LogP contribution in [0.2, 0.25) is 0 Å². The van der Waals surface area contributed by atoms with Crippen LogP contribution in [-0.4, -0.2) is 38.8 Å². The van der Waals surface area contributed by atoms with Crippen molar-refractivity contribution < 1.29 is 9.53 Å². The summed E-state index contributed by atoms with van der Waals surface area (Å²) in [7, 11) is 0. The van der Waals surface area contributed by atoms with Crippen LogP contribution < -0.4 is 10.9 Å². The highest BCUT2D eigenvalue weighted by atomic mass is 16.5. The van der Waals surface area contributed by atoms with E-state index >= 15 is 0 Å². The number of aryl methyl sites for hydroxylation is 2. The lowest BCUT2D eigenvalue weighted by atomic mass is 9.99. The summed E-state index contributed by atoms with van der Waals surface area (Å²) in [5.74, 6) is 0.0474. The van der Waals surface area contributed by atoms with Gasteiger partial charge in [0, 0.05) is 29.9 Å². The monoisotopic (exact) mass is 346 g/mol. The maximum atomic E-state index is 12.4. The van der Waals surface area contributed by atoms with Crippen LogP contribution in [0.3, 0.4) is 0 Å². The van der Waals surface area contributed by atoms with E-state index in [-0.39, 0.29) is 29.7 Å². The van der Waals surface area contributed by atoms with E-state index in [2.05, 4.69) is 15.4 Å². The molecule has 1 aliphatic rings. The van der Waals surface area contributed by atoms with Gasteiger partial charge in [-0.2, -0.15) is 0 Å². The van der Waals surface area contributed by atoms with Crippen molar-refractivity contribution in [1.29, 1.82) is 0 Å². The minimum absolute atomic E-state index is 0.0474. The fourth-order valence-corrected chi connectivity index (χ4v) is 3.78. The van der Waals surface area contributed by atoms with Gasteiger partial charge < -0.3 is 10.1 Å². The predicted octanol–water partition coefficient (Wildman–Crippen LogP) is 1.64. The maximum absolute atomic E-state index is 12.4. The van der Waals surface area contributed by atoms with Gasteiger partial charge in [0.2, 0.25) is 5.91 Å². The van der Waals surface area contributed by atoms with Crippen molar-refractivity contribution in [1.82, 2.24) is 19.9 Å². The highest BCUT2D eigenvalue weighted by Gasteiger charge is 2.25. The van der Waals surface area contributed by atoms with E-state index in [0.717, 1.165) is 29.8 Å². The molecule has 3 heterocycles. The molecule has 25 heavy (non-hydrogen) atoms. The number of amides is 1. The second kappa shape index (κ2) is 7.00. The number of carbonyl (C=O) groups excluding carboxylic acids is 1. The summed E-state index contributed by atoms with van der Waals surface area (Å²) < 4.78 is 7.40. The summed E-state index contributed by atoms with van der Waals surface area (Å²) in [5, 5.41) is 5.87. The largest absolute Gasteiger partial charge is 0.375 e. The van der Waals surface area contributed by atoms with Crippen molar-refractivity contribution in [2.75, 3.05) is 0 Å². The van der Waals surface area contributed by atoms with Gasteiger partial charge in [0.15, 0.2) is 5.65 Å². The Morgan fingerprint density at radius 2 is 2.04 bits per heavy atom. The van der Waals surface area contributed by atoms with Crippen molar-refractivity contribution in [3.8, 4) is 0 Å². The number of H-pyrrole nitrogens is 1. The van der Waals surface area contributed by atoms with E-state index in [1.807, 2.05) is 27.7 Å². The van der Waals surface area contributed by atoms with Crippen LogP contribution in [-0.2, 0) is 16.0 Å². The molecule has 0 aliphatic carbocycles. The number of hydrogen-bond acceptors (Lipinski definition) is 4. The number of nitrogens with one attached hydrogen (secondary N) is 2. The van der Waals surface area contributed by atoms with Gasteiger partial charge in [0.1, 0.15) is 0 Å². The average molecular weight is 346 g/mol. The molecule has 7 nitrogen and oxygen atoms in total. The van der Waals surface area contributed by atoms with Crippen LogP contribution in [0.5, 0.6) is 0 Å². The molecule has 2 N–H and O–H groups in total. The van der Waals surface area contributed by atoms with Gasteiger partial charge in [0.05, 0.1) is 12.2 Å². The fraction of sp³-hybridized carbons (Fsp3) is 0.611. The molecule has 0 bridgehead atoms. The molecule has 2 atom stereocenters. The Balaban J connectivity index is 1.66. The molecule has 0 aromatic carbocycles. The summed E-state index contributed by atoms with van der Waals surface area (Å²) in [4.78, 5) is 28.3. The third kappa shape index (κ3) is 3.92. The van der Waals surface area contributed by atoms with E-state index in [0.29, 0.717) is 18.5 Å². The van der Waals surface area contributed by atoms with Crippen LogP contribution in [0.1, 0.15) is 50.1 Å². The minimum atomic E-state index is -0.173. The molecule has 3 rings (SSSR count). The van der Waals surface area contributed by atoms with Gasteiger partial charge in [-0.05, 0) is 52.5 Å². The number of aromatic nitrogens is 3. The number of rotatable bonds is 4. The van der Waals surface area contributed by atoms with E-state index < -0.39 is 0 Å². The Morgan fingerprint density at radius 3 is 2.72 bits per heavy atom. The van der Waals surface area contributed by atoms with Crippen molar-refractivity contribution >= 4 is 11.6 Å². The number of carbonyl (C=O) groups is 1. The van der Waals surface area contributed by atoms with Crippen LogP contribution >= 0.6 is 0 Å². The first kappa shape index (κ1) is 17.7. The van der Waals surface area contributed by atoms with Gasteiger partial charge >= 0.3 is 0 Å². The van der Waals surface area contributed by atoms with Gasteiger partial charge in [0.25, 0.3) is 5.56 Å². The molecule has 0 radical (unpaired) electrons. The van der Waals surface area contributed by atoms with Crippen LogP contribution in [0, 0.1) is 13.8 Å². The zero-order chi connectivity index (χ0) is 18.1. The summed E-state index contributed by atoms with van der Waals surface area (Å²) in [5.41, 5.74) is 3.22. The van der Waals surface area contributed by atoms with Gasteiger partial charge in [-0.3, -0.25) is 14.7 Å². The zero-order valence-corrected chi connectivity index (χ0v) is 15.3. The topological polar surface area (TPSA) is 88.5 Å². The number of ether oxygens (including phenoxy) is 1. The molecule has 0 unspecified atom stereocenters. The van der Waals surface area contributed by atoms with Crippen LogP contribution in [0.15, 0.2) is 10.9 Å². The Morgan fingerprint density at radius 1 is 1.36 bits per heavy atom. The molecule has 1 saturated heterocycles. The molecule has 1 fully saturated rings. The molecule has 2 aromatic rings. The standard InChI is InChI=1S/C18H26N4O3/c1-10-7-14(8-11(2)25-10)20-17(23)6-5-15-12(3)19-16-9-18(24)21-22(16)13(15)4/h9-11,14H,5-8H2,1-4H3,(H,20,23)(H,21,24)/t10-,11-/m0/s1. The summed E-state index contributed by atoms with van der Waals surface area (Å²) in [6.45, 7) is 7.94. The van der Waals surface area contributed by atoms with Gasteiger partial charge in [-0.25, -0.2) is 9.50 Å². The van der Waals surface area contributed by atoms with Crippen molar-refractivity contribution in [3.05, 3.63) is 33.4 Å². The maximum Gasteiger partial charge on any atom is 0.266 e. The lowest BCUT2D eigenvalue weighted by Gasteiger charge is -2.32. The Bertz CT molecular complexity index is 829. The van der Waals surface area contributed by atoms with E-state index in [1.54, 1.807) is 4.52 Å². The third-order valence-corrected chi connectivity index (χ3v) is 4.87. The summed E-state index contributed by atoms with van der Waals surface area (Å²) >= 11 is 0. The smallest absolute Gasteiger partial charge is 0.266 e. The second-order valence-electron chi connectivity index (χ2n) is 7.07. The quantitative estimate of drug-likeness (QED) is 0.881. The normalized spacial score (nSPS) is 23.8. The van der Waals surface area contributed by atoms with Crippen LogP contribution in [0.25, 0.3) is 5.65 Å². The molecule has 1 aliphatic heterocycles. The van der Waals surface area contributed by atoms with Gasteiger partial charge in [-0.15, -0.1) is 0 Å². The first-order chi connectivity index (χ1) is 11.8. The molecule has 1 amide bonds. The molecule has 136 valence electrons. The van der Waals surface area contributed by atoms with E-state index in [1.165, 1.54) is 6.07 Å². The molecular formula is C18H26N4O3. The van der Waals surface area contributed by atoms with Crippen molar-refractivity contribution in [2.45, 2.75) is 71.6 Å². The molecular weight excluding hydrogens is 320 g/mol. The van der Waals surface area contributed by atoms with E-state index in [4.69, 9.17) is 4.74 Å². The number of nitrogens with zero attached hydrogens (tertiary/aromatic N) is 2. The summed E-state index contributed by atoms with van der Waals surface area (Å²) in [6, 6.07) is 1.65. The molecule has 0 saturated carbocycles. The van der Waals surface area contributed by atoms with E-state index in [9.17, 15) is 9.59 Å². The Kier molecular flexibility index (Phi) is 4.94.